The molecule has 6 nitrogen and oxygen atoms in total. The van der Waals surface area contributed by atoms with Crippen LogP contribution in [-0.4, -0.2) is 29.3 Å². The van der Waals surface area contributed by atoms with Gasteiger partial charge < -0.3 is 5.32 Å². The lowest BCUT2D eigenvalue weighted by Gasteiger charge is -2.06. The fourth-order valence-corrected chi connectivity index (χ4v) is 3.33. The summed E-state index contributed by atoms with van der Waals surface area (Å²) < 4.78 is 25.4. The van der Waals surface area contributed by atoms with Crippen LogP contribution in [0, 0.1) is 6.07 Å². The average molecular weight is 363 g/mol. The van der Waals surface area contributed by atoms with Crippen LogP contribution in [0.1, 0.15) is 0 Å². The molecule has 4 rings (SSSR count). The highest BCUT2D eigenvalue weighted by molar-refractivity contribution is 7.90. The highest BCUT2D eigenvalue weighted by Gasteiger charge is 2.12. The van der Waals surface area contributed by atoms with Crippen LogP contribution in [0.5, 0.6) is 0 Å². The van der Waals surface area contributed by atoms with Gasteiger partial charge in [0, 0.05) is 17.5 Å². The summed E-state index contributed by atoms with van der Waals surface area (Å²) in [6, 6.07) is 22.7. The molecule has 0 bridgehead atoms. The van der Waals surface area contributed by atoms with Crippen LogP contribution >= 0.6 is 0 Å². The van der Waals surface area contributed by atoms with Crippen molar-refractivity contribution in [3.8, 4) is 11.3 Å². The molecule has 0 saturated heterocycles. The van der Waals surface area contributed by atoms with Gasteiger partial charge in [0.1, 0.15) is 0 Å². The van der Waals surface area contributed by atoms with Gasteiger partial charge in [-0.1, -0.05) is 30.3 Å². The van der Waals surface area contributed by atoms with Crippen LogP contribution in [0.4, 0.5) is 11.6 Å². The van der Waals surface area contributed by atoms with Gasteiger partial charge in [-0.25, -0.2) is 12.9 Å². The molecule has 0 amide bonds. The Balaban J connectivity index is 1.79. The summed E-state index contributed by atoms with van der Waals surface area (Å²) in [5.74, 6) is 0.461. The van der Waals surface area contributed by atoms with E-state index in [4.69, 9.17) is 0 Å². The molecule has 0 spiro atoms. The van der Waals surface area contributed by atoms with E-state index in [-0.39, 0.29) is 4.90 Å². The van der Waals surface area contributed by atoms with Crippen molar-refractivity contribution < 1.29 is 8.42 Å². The molecular formula is C19H15N4O2S. The number of hydrogen-bond donors (Lipinski definition) is 1. The smallest absolute Gasteiger partial charge is 0.247 e. The number of rotatable bonds is 4. The van der Waals surface area contributed by atoms with E-state index in [1.165, 1.54) is 6.26 Å². The Labute approximate surface area is 151 Å². The molecule has 26 heavy (non-hydrogen) atoms. The van der Waals surface area contributed by atoms with Gasteiger partial charge in [-0.2, -0.15) is 4.98 Å². The Kier molecular flexibility index (Phi) is 3.93. The molecule has 1 N–H and O–H groups in total. The minimum Gasteiger partial charge on any atom is -0.323 e. The lowest BCUT2D eigenvalue weighted by atomic mass is 10.1. The first-order valence-corrected chi connectivity index (χ1v) is 9.79. The van der Waals surface area contributed by atoms with Crippen molar-refractivity contribution >= 4 is 27.1 Å². The first-order chi connectivity index (χ1) is 12.5. The Morgan fingerprint density at radius 1 is 1.04 bits per heavy atom. The summed E-state index contributed by atoms with van der Waals surface area (Å²) >= 11 is 0. The number of nitrogens with zero attached hydrogens (tertiary/aromatic N) is 3. The lowest BCUT2D eigenvalue weighted by molar-refractivity contribution is 0.602. The number of anilines is 2. The number of aromatic nitrogens is 3. The van der Waals surface area contributed by atoms with Crippen LogP contribution < -0.4 is 5.32 Å². The van der Waals surface area contributed by atoms with Crippen molar-refractivity contribution in [1.82, 2.24) is 14.6 Å². The standard InChI is InChI=1S/C19H15N4O2S/c1-26(24,25)16-10-5-7-14(13-16)17-11-6-12-18-21-19(22-23(17)18)20-15-8-3-2-4-9-15/h3-13H,1H3,(H,20,22). The van der Waals surface area contributed by atoms with Gasteiger partial charge in [-0.3, -0.25) is 0 Å². The largest absolute Gasteiger partial charge is 0.323 e. The molecule has 0 aliphatic carbocycles. The second kappa shape index (κ2) is 6.27. The fourth-order valence-electron chi connectivity index (χ4n) is 2.66. The molecular weight excluding hydrogens is 348 g/mol. The first kappa shape index (κ1) is 16.3. The average Bonchev–Trinajstić information content (AvgIpc) is 3.04. The second-order valence-electron chi connectivity index (χ2n) is 5.83. The maximum atomic E-state index is 11.8. The summed E-state index contributed by atoms with van der Waals surface area (Å²) in [5, 5.41) is 7.66. The summed E-state index contributed by atoms with van der Waals surface area (Å²) in [6.45, 7) is 0. The van der Waals surface area contributed by atoms with Crippen LogP contribution in [0.15, 0.2) is 71.6 Å². The zero-order valence-corrected chi connectivity index (χ0v) is 14.7. The van der Waals surface area contributed by atoms with Gasteiger partial charge in [0.25, 0.3) is 0 Å². The molecule has 0 aliphatic rings. The number of benzene rings is 2. The molecule has 0 saturated carbocycles. The Hall–Kier alpha value is -3.19. The summed E-state index contributed by atoms with van der Waals surface area (Å²) in [6.07, 6.45) is 1.20. The SMILES string of the molecule is CS(=O)(=O)c1cccc(-c2cccc3nc(Nc4cc[c]cc4)nn23)c1. The van der Waals surface area contributed by atoms with Crippen molar-refractivity contribution in [2.24, 2.45) is 0 Å². The zero-order chi connectivity index (χ0) is 18.1. The van der Waals surface area contributed by atoms with Gasteiger partial charge in [0.05, 0.1) is 10.6 Å². The second-order valence-corrected chi connectivity index (χ2v) is 7.85. The van der Waals surface area contributed by atoms with Crippen LogP contribution in [-0.2, 0) is 9.84 Å². The molecule has 2 aromatic heterocycles. The number of nitrogens with one attached hydrogen (secondary N) is 1. The zero-order valence-electron chi connectivity index (χ0n) is 13.9. The molecule has 0 fully saturated rings. The minimum atomic E-state index is -3.28. The maximum absolute atomic E-state index is 11.8. The Morgan fingerprint density at radius 2 is 1.81 bits per heavy atom. The van der Waals surface area contributed by atoms with E-state index in [2.05, 4.69) is 21.5 Å². The molecule has 2 aromatic carbocycles. The number of hydrogen-bond acceptors (Lipinski definition) is 5. The van der Waals surface area contributed by atoms with Crippen molar-refractivity contribution in [2.45, 2.75) is 4.90 Å². The quantitative estimate of drug-likeness (QED) is 0.602. The normalized spacial score (nSPS) is 11.6. The molecule has 0 unspecified atom stereocenters. The molecule has 0 aliphatic heterocycles. The molecule has 1 radical (unpaired) electrons. The fraction of sp³-hybridized carbons (Fsp3) is 0.0526. The van der Waals surface area contributed by atoms with Crippen molar-refractivity contribution in [2.75, 3.05) is 11.6 Å². The van der Waals surface area contributed by atoms with Crippen molar-refractivity contribution in [3.05, 3.63) is 72.8 Å². The topological polar surface area (TPSA) is 76.4 Å². The van der Waals surface area contributed by atoms with Crippen LogP contribution in [0.25, 0.3) is 16.9 Å². The molecule has 129 valence electrons. The third-order valence-electron chi connectivity index (χ3n) is 3.89. The number of pyridine rings is 1. The molecule has 0 atom stereocenters. The molecule has 7 heteroatoms. The van der Waals surface area contributed by atoms with Crippen LogP contribution in [0.2, 0.25) is 0 Å². The van der Waals surface area contributed by atoms with Gasteiger partial charge >= 0.3 is 0 Å². The van der Waals surface area contributed by atoms with Crippen molar-refractivity contribution in [1.29, 1.82) is 0 Å². The van der Waals surface area contributed by atoms with Crippen molar-refractivity contribution in [3.63, 3.8) is 0 Å². The summed E-state index contributed by atoms with van der Waals surface area (Å²) in [4.78, 5) is 4.75. The van der Waals surface area contributed by atoms with E-state index in [1.54, 1.807) is 34.8 Å². The highest BCUT2D eigenvalue weighted by Crippen LogP contribution is 2.24. The predicted octanol–water partition coefficient (Wildman–Crippen LogP) is 3.34. The summed E-state index contributed by atoms with van der Waals surface area (Å²) in [7, 11) is -3.28. The Bertz CT molecular complexity index is 1180. The van der Waals surface area contributed by atoms with E-state index in [9.17, 15) is 8.42 Å². The molecule has 4 aromatic rings. The van der Waals surface area contributed by atoms with Gasteiger partial charge in [0.2, 0.25) is 5.95 Å². The maximum Gasteiger partial charge on any atom is 0.247 e. The van der Waals surface area contributed by atoms with Gasteiger partial charge in [-0.05, 0) is 42.5 Å². The van der Waals surface area contributed by atoms with E-state index in [1.807, 2.05) is 36.4 Å². The van der Waals surface area contributed by atoms with E-state index < -0.39 is 9.84 Å². The Morgan fingerprint density at radius 3 is 2.58 bits per heavy atom. The third-order valence-corrected chi connectivity index (χ3v) is 5.00. The van der Waals surface area contributed by atoms with Gasteiger partial charge in [-0.15, -0.1) is 5.10 Å². The number of fused-ring (bicyclic) bond motifs is 1. The van der Waals surface area contributed by atoms with Crippen LogP contribution in [0.3, 0.4) is 0 Å². The van der Waals surface area contributed by atoms with E-state index >= 15 is 0 Å². The molecule has 2 heterocycles. The summed E-state index contributed by atoms with van der Waals surface area (Å²) in [5.41, 5.74) is 3.04. The number of sulfone groups is 1. The van der Waals surface area contributed by atoms with E-state index in [0.29, 0.717) is 11.6 Å². The predicted molar refractivity (Wildman–Crippen MR) is 100 cm³/mol. The minimum absolute atomic E-state index is 0.269. The highest BCUT2D eigenvalue weighted by atomic mass is 32.2. The lowest BCUT2D eigenvalue weighted by Crippen LogP contribution is -1.99. The van der Waals surface area contributed by atoms with E-state index in [0.717, 1.165) is 16.9 Å². The van der Waals surface area contributed by atoms with Gasteiger partial charge in [0.15, 0.2) is 15.5 Å². The monoisotopic (exact) mass is 363 g/mol. The first-order valence-electron chi connectivity index (χ1n) is 7.90. The third kappa shape index (κ3) is 3.16.